The van der Waals surface area contributed by atoms with Gasteiger partial charge in [0, 0.05) is 32.8 Å². The van der Waals surface area contributed by atoms with E-state index in [9.17, 15) is 9.59 Å². The molecule has 2 saturated carbocycles. The zero-order valence-corrected chi connectivity index (χ0v) is 14.2. The highest BCUT2D eigenvalue weighted by Crippen LogP contribution is 2.42. The summed E-state index contributed by atoms with van der Waals surface area (Å²) < 4.78 is 7.28. The SMILES string of the molecule is COC1(C(=O)N[C@@H]2CC(=O)N(C3CC3)[C@H]2c2ccnn2C)CCC1. The molecular weight excluding hydrogens is 308 g/mol. The number of aromatic nitrogens is 2. The van der Waals surface area contributed by atoms with Crippen molar-refractivity contribution in [3.05, 3.63) is 18.0 Å². The summed E-state index contributed by atoms with van der Waals surface area (Å²) in [6.07, 6.45) is 6.68. The minimum atomic E-state index is -0.701. The molecule has 1 saturated heterocycles. The van der Waals surface area contributed by atoms with Gasteiger partial charge >= 0.3 is 0 Å². The van der Waals surface area contributed by atoms with E-state index in [4.69, 9.17) is 4.74 Å². The molecular formula is C17H24N4O3. The van der Waals surface area contributed by atoms with Gasteiger partial charge in [-0.2, -0.15) is 5.10 Å². The summed E-state index contributed by atoms with van der Waals surface area (Å²) in [4.78, 5) is 27.3. The van der Waals surface area contributed by atoms with Gasteiger partial charge in [0.1, 0.15) is 5.60 Å². The summed E-state index contributed by atoms with van der Waals surface area (Å²) in [6, 6.07) is 1.87. The number of ether oxygens (including phenoxy) is 1. The zero-order chi connectivity index (χ0) is 16.9. The predicted molar refractivity (Wildman–Crippen MR) is 86.0 cm³/mol. The van der Waals surface area contributed by atoms with Gasteiger partial charge in [0.2, 0.25) is 5.91 Å². The monoisotopic (exact) mass is 332 g/mol. The van der Waals surface area contributed by atoms with Crippen LogP contribution in [0.25, 0.3) is 0 Å². The van der Waals surface area contributed by atoms with Crippen LogP contribution >= 0.6 is 0 Å². The predicted octanol–water partition coefficient (Wildman–Crippen LogP) is 0.910. The van der Waals surface area contributed by atoms with Gasteiger partial charge in [-0.05, 0) is 38.2 Å². The van der Waals surface area contributed by atoms with Crippen molar-refractivity contribution in [1.29, 1.82) is 0 Å². The van der Waals surface area contributed by atoms with Crippen molar-refractivity contribution in [2.45, 2.75) is 62.3 Å². The molecule has 1 aromatic rings. The van der Waals surface area contributed by atoms with Crippen LogP contribution in [0.2, 0.25) is 0 Å². The minimum absolute atomic E-state index is 0.0844. The van der Waals surface area contributed by atoms with Crippen molar-refractivity contribution >= 4 is 11.8 Å². The molecule has 2 aliphatic carbocycles. The summed E-state index contributed by atoms with van der Waals surface area (Å²) >= 11 is 0. The van der Waals surface area contributed by atoms with E-state index in [2.05, 4.69) is 10.4 Å². The average Bonchev–Trinajstić information content (AvgIpc) is 3.17. The lowest BCUT2D eigenvalue weighted by atomic mass is 9.79. The molecule has 24 heavy (non-hydrogen) atoms. The van der Waals surface area contributed by atoms with E-state index in [-0.39, 0.29) is 23.9 Å². The average molecular weight is 332 g/mol. The van der Waals surface area contributed by atoms with Gasteiger partial charge in [-0.1, -0.05) is 0 Å². The number of nitrogens with zero attached hydrogens (tertiary/aromatic N) is 3. The van der Waals surface area contributed by atoms with Crippen LogP contribution in [0.5, 0.6) is 0 Å². The molecule has 0 aromatic carbocycles. The molecule has 7 heteroatoms. The maximum absolute atomic E-state index is 12.7. The van der Waals surface area contributed by atoms with Gasteiger partial charge in [-0.25, -0.2) is 0 Å². The first-order chi connectivity index (χ1) is 11.6. The molecule has 4 rings (SSSR count). The summed E-state index contributed by atoms with van der Waals surface area (Å²) in [7, 11) is 3.47. The van der Waals surface area contributed by atoms with E-state index in [1.54, 1.807) is 18.0 Å². The fraction of sp³-hybridized carbons (Fsp3) is 0.706. The van der Waals surface area contributed by atoms with Crippen LogP contribution in [0.15, 0.2) is 12.3 Å². The van der Waals surface area contributed by atoms with Crippen molar-refractivity contribution < 1.29 is 14.3 Å². The highest BCUT2D eigenvalue weighted by Gasteiger charge is 2.51. The first kappa shape index (κ1) is 15.6. The number of amides is 2. The third kappa shape index (κ3) is 2.33. The van der Waals surface area contributed by atoms with Gasteiger partial charge in [0.25, 0.3) is 5.91 Å². The second-order valence-electron chi connectivity index (χ2n) is 7.19. The Balaban J connectivity index is 1.60. The number of likely N-dealkylation sites (tertiary alicyclic amines) is 1. The Kier molecular flexibility index (Phi) is 3.63. The number of methoxy groups -OCH3 is 1. The molecule has 2 heterocycles. The lowest BCUT2D eigenvalue weighted by Crippen LogP contribution is -2.56. The van der Waals surface area contributed by atoms with Crippen molar-refractivity contribution in [2.75, 3.05) is 7.11 Å². The van der Waals surface area contributed by atoms with Crippen LogP contribution in [0.1, 0.15) is 50.3 Å². The lowest BCUT2D eigenvalue weighted by molar-refractivity contribution is -0.155. The fourth-order valence-corrected chi connectivity index (χ4v) is 4.01. The minimum Gasteiger partial charge on any atom is -0.368 e. The molecule has 0 radical (unpaired) electrons. The molecule has 0 bridgehead atoms. The van der Waals surface area contributed by atoms with Gasteiger partial charge in [-0.15, -0.1) is 0 Å². The molecule has 2 atom stereocenters. The van der Waals surface area contributed by atoms with Crippen LogP contribution < -0.4 is 5.32 Å². The third-order valence-corrected chi connectivity index (χ3v) is 5.75. The van der Waals surface area contributed by atoms with Crippen molar-refractivity contribution in [3.8, 4) is 0 Å². The summed E-state index contributed by atoms with van der Waals surface area (Å²) in [5.74, 6) is 0.0351. The smallest absolute Gasteiger partial charge is 0.252 e. The molecule has 1 N–H and O–H groups in total. The molecule has 7 nitrogen and oxygen atoms in total. The first-order valence-corrected chi connectivity index (χ1v) is 8.71. The van der Waals surface area contributed by atoms with Crippen LogP contribution in [0, 0.1) is 0 Å². The fourth-order valence-electron chi connectivity index (χ4n) is 4.01. The second kappa shape index (κ2) is 5.58. The number of carbonyl (C=O) groups excluding carboxylic acids is 2. The summed E-state index contributed by atoms with van der Waals surface area (Å²) in [5.41, 5.74) is 0.269. The number of nitrogens with one attached hydrogen (secondary N) is 1. The molecule has 130 valence electrons. The number of hydrogen-bond acceptors (Lipinski definition) is 4. The Bertz CT molecular complexity index is 657. The molecule has 1 aliphatic heterocycles. The highest BCUT2D eigenvalue weighted by atomic mass is 16.5. The molecule has 3 aliphatic rings. The Hall–Kier alpha value is -1.89. The Morgan fingerprint density at radius 2 is 2.17 bits per heavy atom. The molecule has 0 spiro atoms. The van der Waals surface area contributed by atoms with E-state index in [1.165, 1.54) is 0 Å². The topological polar surface area (TPSA) is 76.5 Å². The number of aryl methyl sites for hydroxylation is 1. The Labute approximate surface area is 141 Å². The van der Waals surface area contributed by atoms with E-state index < -0.39 is 5.60 Å². The number of hydrogen-bond donors (Lipinski definition) is 1. The Morgan fingerprint density at radius 3 is 2.67 bits per heavy atom. The maximum Gasteiger partial charge on any atom is 0.252 e. The van der Waals surface area contributed by atoms with Crippen LogP contribution in [-0.2, 0) is 21.4 Å². The van der Waals surface area contributed by atoms with Crippen LogP contribution in [-0.4, -0.2) is 51.3 Å². The van der Waals surface area contributed by atoms with E-state index in [0.717, 1.165) is 37.8 Å². The largest absolute Gasteiger partial charge is 0.368 e. The third-order valence-electron chi connectivity index (χ3n) is 5.75. The first-order valence-electron chi connectivity index (χ1n) is 8.71. The van der Waals surface area contributed by atoms with E-state index in [0.29, 0.717) is 12.5 Å². The molecule has 2 amide bonds. The lowest BCUT2D eigenvalue weighted by Gasteiger charge is -2.40. The number of rotatable bonds is 5. The second-order valence-corrected chi connectivity index (χ2v) is 7.19. The van der Waals surface area contributed by atoms with E-state index in [1.807, 2.05) is 18.0 Å². The van der Waals surface area contributed by atoms with Gasteiger partial charge in [-0.3, -0.25) is 14.3 Å². The van der Waals surface area contributed by atoms with Crippen molar-refractivity contribution in [2.24, 2.45) is 7.05 Å². The Morgan fingerprint density at radius 1 is 1.42 bits per heavy atom. The van der Waals surface area contributed by atoms with Crippen molar-refractivity contribution in [3.63, 3.8) is 0 Å². The summed E-state index contributed by atoms with van der Waals surface area (Å²) in [5, 5.41) is 7.36. The van der Waals surface area contributed by atoms with Gasteiger partial charge in [0.05, 0.1) is 17.8 Å². The normalized spacial score (nSPS) is 28.8. The van der Waals surface area contributed by atoms with Crippen molar-refractivity contribution in [1.82, 2.24) is 20.0 Å². The molecule has 1 aromatic heterocycles. The van der Waals surface area contributed by atoms with Crippen LogP contribution in [0.4, 0.5) is 0 Å². The quantitative estimate of drug-likeness (QED) is 0.869. The standard InChI is InChI=1S/C17H24N4O3/c1-20-13(6-9-18-20)15-12(10-14(22)21(15)11-4-5-11)19-16(23)17(24-2)7-3-8-17/h6,9,11-12,15H,3-5,7-8,10H2,1-2H3,(H,19,23)/t12-,15-/m1/s1. The zero-order valence-electron chi connectivity index (χ0n) is 14.2. The van der Waals surface area contributed by atoms with Gasteiger partial charge < -0.3 is 15.0 Å². The highest BCUT2D eigenvalue weighted by molar-refractivity contribution is 5.88. The van der Waals surface area contributed by atoms with Gasteiger partial charge in [0.15, 0.2) is 0 Å². The maximum atomic E-state index is 12.7. The number of carbonyl (C=O) groups is 2. The van der Waals surface area contributed by atoms with E-state index >= 15 is 0 Å². The molecule has 3 fully saturated rings. The van der Waals surface area contributed by atoms with Crippen LogP contribution in [0.3, 0.4) is 0 Å². The molecule has 0 unspecified atom stereocenters. The summed E-state index contributed by atoms with van der Waals surface area (Å²) in [6.45, 7) is 0.